The van der Waals surface area contributed by atoms with Gasteiger partial charge in [-0.05, 0) is 37.3 Å². The predicted octanol–water partition coefficient (Wildman–Crippen LogP) is 5.11. The topological polar surface area (TPSA) is 60.4 Å². The molecule has 0 radical (unpaired) electrons. The van der Waals surface area contributed by atoms with Crippen molar-refractivity contribution in [2.24, 2.45) is 5.92 Å². The third-order valence-corrected chi connectivity index (χ3v) is 7.49. The molecular formula is C21H28O4S2. The van der Waals surface area contributed by atoms with Crippen molar-refractivity contribution >= 4 is 39.1 Å². The van der Waals surface area contributed by atoms with Crippen LogP contribution in [-0.2, 0) is 14.3 Å². The molecule has 1 unspecified atom stereocenters. The summed E-state index contributed by atoms with van der Waals surface area (Å²) in [7, 11) is 3.93. The predicted molar refractivity (Wildman–Crippen MR) is 112 cm³/mol. The highest BCUT2D eigenvalue weighted by Crippen LogP contribution is 2.39. The van der Waals surface area contributed by atoms with Crippen molar-refractivity contribution in [2.45, 2.75) is 57.1 Å². The number of Topliss-reactive ketones (excluding diaryl/α,β-unsaturated/α-hetero) is 2. The van der Waals surface area contributed by atoms with E-state index in [-0.39, 0.29) is 30.5 Å². The molecule has 1 fully saturated rings. The molecular weight excluding hydrogens is 380 g/mol. The maximum atomic E-state index is 12.1. The molecule has 2 rings (SSSR count). The minimum absolute atomic E-state index is 0.0118. The van der Waals surface area contributed by atoms with Crippen LogP contribution in [0.3, 0.4) is 0 Å². The van der Waals surface area contributed by atoms with Crippen molar-refractivity contribution < 1.29 is 19.1 Å². The molecule has 27 heavy (non-hydrogen) atoms. The molecule has 0 aromatic heterocycles. The normalized spacial score (nSPS) is 17.4. The third-order valence-electron chi connectivity index (χ3n) is 4.49. The van der Waals surface area contributed by atoms with E-state index in [1.54, 1.807) is 24.3 Å². The summed E-state index contributed by atoms with van der Waals surface area (Å²) in [6.45, 7) is 1.67. The first-order chi connectivity index (χ1) is 13.0. The molecule has 4 nitrogen and oxygen atoms in total. The number of carbonyl (C=O) groups excluding carboxylic acids is 3. The van der Waals surface area contributed by atoms with E-state index in [1.165, 1.54) is 18.6 Å². The number of esters is 1. The Morgan fingerprint density at radius 3 is 2.56 bits per heavy atom. The van der Waals surface area contributed by atoms with Gasteiger partial charge in [0.15, 0.2) is 5.78 Å². The molecule has 1 aromatic carbocycles. The summed E-state index contributed by atoms with van der Waals surface area (Å²) in [5, 5.41) is 0.764. The van der Waals surface area contributed by atoms with Crippen LogP contribution in [0.15, 0.2) is 30.3 Å². The molecule has 0 spiro atoms. The highest BCUT2D eigenvalue weighted by Gasteiger charge is 2.17. The van der Waals surface area contributed by atoms with E-state index in [2.05, 4.69) is 0 Å². The van der Waals surface area contributed by atoms with E-state index in [0.717, 1.165) is 18.1 Å². The van der Waals surface area contributed by atoms with E-state index < -0.39 is 5.97 Å². The van der Waals surface area contributed by atoms with Gasteiger partial charge in [0, 0.05) is 30.3 Å². The van der Waals surface area contributed by atoms with E-state index in [4.69, 9.17) is 4.74 Å². The van der Waals surface area contributed by atoms with Gasteiger partial charge in [-0.15, -0.1) is 0 Å². The van der Waals surface area contributed by atoms with Crippen LogP contribution >= 0.6 is 21.6 Å². The lowest BCUT2D eigenvalue weighted by Crippen LogP contribution is -2.17. The maximum absolute atomic E-state index is 12.1. The first-order valence-electron chi connectivity index (χ1n) is 9.58. The molecule has 1 aliphatic rings. The Kier molecular flexibility index (Phi) is 9.98. The lowest BCUT2D eigenvalue weighted by molar-refractivity contribution is -0.123. The Bertz CT molecular complexity index is 612. The van der Waals surface area contributed by atoms with Gasteiger partial charge in [0.2, 0.25) is 0 Å². The zero-order valence-corrected chi connectivity index (χ0v) is 17.5. The van der Waals surface area contributed by atoms with Crippen LogP contribution in [0, 0.1) is 5.92 Å². The number of carbonyl (C=O) groups is 3. The van der Waals surface area contributed by atoms with Crippen molar-refractivity contribution in [1.29, 1.82) is 0 Å². The number of rotatable bonds is 12. The largest absolute Gasteiger partial charge is 0.454 e. The van der Waals surface area contributed by atoms with Crippen LogP contribution in [0.2, 0.25) is 0 Å². The fraction of sp³-hybridized carbons (Fsp3) is 0.571. The minimum Gasteiger partial charge on any atom is -0.454 e. The number of hydrogen-bond acceptors (Lipinski definition) is 6. The van der Waals surface area contributed by atoms with Crippen molar-refractivity contribution in [3.8, 4) is 0 Å². The van der Waals surface area contributed by atoms with Crippen LogP contribution in [0.5, 0.6) is 0 Å². The summed E-state index contributed by atoms with van der Waals surface area (Å²) in [6.07, 6.45) is 5.83. The summed E-state index contributed by atoms with van der Waals surface area (Å²) in [5.74, 6) is 0.828. The average molecular weight is 409 g/mol. The number of hydrogen-bond donors (Lipinski definition) is 0. The molecule has 0 saturated carbocycles. The number of unbranched alkanes of at least 4 members (excludes halogenated alkanes) is 1. The first kappa shape index (κ1) is 22.0. The molecule has 1 heterocycles. The van der Waals surface area contributed by atoms with Gasteiger partial charge in [-0.25, -0.2) is 4.79 Å². The van der Waals surface area contributed by atoms with Gasteiger partial charge in [-0.3, -0.25) is 9.59 Å². The Labute approximate surface area is 169 Å². The number of ketones is 2. The summed E-state index contributed by atoms with van der Waals surface area (Å²) in [5.41, 5.74) is 0.433. The molecule has 0 bridgehead atoms. The second-order valence-corrected chi connectivity index (χ2v) is 9.90. The van der Waals surface area contributed by atoms with Gasteiger partial charge < -0.3 is 4.74 Å². The van der Waals surface area contributed by atoms with Crippen LogP contribution in [0.4, 0.5) is 0 Å². The van der Waals surface area contributed by atoms with Gasteiger partial charge in [0.25, 0.3) is 0 Å². The van der Waals surface area contributed by atoms with Gasteiger partial charge >= 0.3 is 5.97 Å². The van der Waals surface area contributed by atoms with Crippen LogP contribution in [0.25, 0.3) is 0 Å². The number of benzene rings is 1. The Morgan fingerprint density at radius 1 is 1.11 bits per heavy atom. The van der Waals surface area contributed by atoms with Crippen LogP contribution < -0.4 is 0 Å². The molecule has 6 heteroatoms. The molecule has 1 saturated heterocycles. The summed E-state index contributed by atoms with van der Waals surface area (Å²) < 4.78 is 5.05. The lowest BCUT2D eigenvalue weighted by Gasteiger charge is -2.11. The van der Waals surface area contributed by atoms with E-state index >= 15 is 0 Å². The summed E-state index contributed by atoms with van der Waals surface area (Å²) in [4.78, 5) is 35.9. The number of ether oxygens (including phenoxy) is 1. The van der Waals surface area contributed by atoms with Crippen molar-refractivity contribution in [2.75, 3.05) is 12.4 Å². The van der Waals surface area contributed by atoms with Gasteiger partial charge in [0.05, 0.1) is 5.56 Å². The highest BCUT2D eigenvalue weighted by molar-refractivity contribution is 8.77. The fourth-order valence-corrected chi connectivity index (χ4v) is 6.10. The van der Waals surface area contributed by atoms with Gasteiger partial charge in [0.1, 0.15) is 12.4 Å². The Morgan fingerprint density at radius 2 is 1.85 bits per heavy atom. The molecule has 1 aliphatic heterocycles. The zero-order chi connectivity index (χ0) is 19.5. The van der Waals surface area contributed by atoms with Gasteiger partial charge in [-0.2, -0.15) is 0 Å². The van der Waals surface area contributed by atoms with E-state index in [9.17, 15) is 14.4 Å². The minimum atomic E-state index is -0.494. The molecule has 148 valence electrons. The van der Waals surface area contributed by atoms with Crippen LogP contribution in [-0.4, -0.2) is 35.1 Å². The smallest absolute Gasteiger partial charge is 0.338 e. The Hall–Kier alpha value is -1.27. The first-order valence-corrected chi connectivity index (χ1v) is 12.0. The summed E-state index contributed by atoms with van der Waals surface area (Å²) >= 11 is 0. The molecule has 0 amide bonds. The maximum Gasteiger partial charge on any atom is 0.338 e. The molecule has 1 aromatic rings. The average Bonchev–Trinajstić information content (AvgIpc) is 3.17. The second-order valence-electron chi connectivity index (χ2n) is 7.11. The van der Waals surface area contributed by atoms with E-state index in [0.29, 0.717) is 18.4 Å². The fourth-order valence-electron chi connectivity index (χ4n) is 3.07. The van der Waals surface area contributed by atoms with Crippen molar-refractivity contribution in [3.63, 3.8) is 0 Å². The quantitative estimate of drug-likeness (QED) is 0.272. The molecule has 0 aliphatic carbocycles. The second kappa shape index (κ2) is 12.2. The molecule has 0 N–H and O–H groups in total. The van der Waals surface area contributed by atoms with E-state index in [1.807, 2.05) is 34.6 Å². The van der Waals surface area contributed by atoms with Gasteiger partial charge in [-0.1, -0.05) is 53.1 Å². The highest BCUT2D eigenvalue weighted by atomic mass is 33.1. The molecule has 2 atom stereocenters. The Balaban J connectivity index is 1.55. The SMILES string of the molecule is CC(CC(=O)CCCC[C@@H]1CCSS1)CC(=O)COC(=O)c1ccccc1. The standard InChI is InChI=1S/C21H28O4S2/c1-16(13-18(22)9-5-6-10-20-11-12-26-27-20)14-19(23)15-25-21(24)17-7-3-2-4-8-17/h2-4,7-8,16,20H,5-6,9-15H2,1H3/t16?,20-/m1/s1. The third kappa shape index (κ3) is 8.98. The zero-order valence-electron chi connectivity index (χ0n) is 15.9. The lowest BCUT2D eigenvalue weighted by atomic mass is 9.96. The van der Waals surface area contributed by atoms with Crippen molar-refractivity contribution in [1.82, 2.24) is 0 Å². The van der Waals surface area contributed by atoms with Crippen LogP contribution in [0.1, 0.15) is 62.2 Å². The monoisotopic (exact) mass is 408 g/mol. The van der Waals surface area contributed by atoms with Crippen molar-refractivity contribution in [3.05, 3.63) is 35.9 Å². The summed E-state index contributed by atoms with van der Waals surface area (Å²) in [6, 6.07) is 8.61.